The van der Waals surface area contributed by atoms with E-state index in [1.165, 1.54) is 43.5 Å². The number of aromatic nitrogens is 3. The first kappa shape index (κ1) is 22.6. The van der Waals surface area contributed by atoms with Crippen molar-refractivity contribution in [2.24, 2.45) is 5.92 Å². The molecule has 6 heteroatoms. The molecular formula is C30H31N5O. The monoisotopic (exact) mass is 477 g/mol. The van der Waals surface area contributed by atoms with Gasteiger partial charge >= 0.3 is 0 Å². The molecule has 36 heavy (non-hydrogen) atoms. The topological polar surface area (TPSA) is 66.1 Å². The SMILES string of the molecule is COc1ccc2nc(Nc3ccc(CN4CCC(Cc5ccccc5)CC4)cc3)c3n[nH]cc3c2c1. The van der Waals surface area contributed by atoms with Crippen LogP contribution in [-0.4, -0.2) is 40.3 Å². The van der Waals surface area contributed by atoms with Crippen molar-refractivity contribution in [2.45, 2.75) is 25.8 Å². The summed E-state index contributed by atoms with van der Waals surface area (Å²) in [5.74, 6) is 2.35. The molecule has 182 valence electrons. The van der Waals surface area contributed by atoms with E-state index < -0.39 is 0 Å². The standard InChI is InChI=1S/C30H31N5O/c1-36-25-11-12-28-26(18-25)27-19-31-34-29(27)30(33-28)32-24-9-7-23(8-10-24)20-35-15-13-22(14-16-35)17-21-5-3-2-4-6-21/h2-12,18-19,22H,13-17,20H2,1H3,(H,31,34)(H,32,33). The summed E-state index contributed by atoms with van der Waals surface area (Å²) < 4.78 is 5.39. The largest absolute Gasteiger partial charge is 0.497 e. The van der Waals surface area contributed by atoms with E-state index in [2.05, 4.69) is 75.0 Å². The predicted octanol–water partition coefficient (Wildman–Crippen LogP) is 6.32. The summed E-state index contributed by atoms with van der Waals surface area (Å²) in [6, 6.07) is 25.5. The number of H-pyrrole nitrogens is 1. The van der Waals surface area contributed by atoms with Gasteiger partial charge in [0.2, 0.25) is 0 Å². The molecule has 0 radical (unpaired) electrons. The average molecular weight is 478 g/mol. The number of fused-ring (bicyclic) bond motifs is 3. The van der Waals surface area contributed by atoms with Crippen LogP contribution in [-0.2, 0) is 13.0 Å². The summed E-state index contributed by atoms with van der Waals surface area (Å²) in [4.78, 5) is 7.42. The minimum absolute atomic E-state index is 0.747. The molecule has 0 aliphatic carbocycles. The first-order valence-electron chi connectivity index (χ1n) is 12.7. The highest BCUT2D eigenvalue weighted by atomic mass is 16.5. The van der Waals surface area contributed by atoms with Crippen molar-refractivity contribution in [2.75, 3.05) is 25.5 Å². The van der Waals surface area contributed by atoms with Gasteiger partial charge in [0.25, 0.3) is 0 Å². The molecule has 1 aliphatic rings. The number of anilines is 2. The normalized spacial score (nSPS) is 14.9. The smallest absolute Gasteiger partial charge is 0.159 e. The summed E-state index contributed by atoms with van der Waals surface area (Å²) in [7, 11) is 1.68. The van der Waals surface area contributed by atoms with Crippen LogP contribution in [0.3, 0.4) is 0 Å². The van der Waals surface area contributed by atoms with Gasteiger partial charge in [-0.3, -0.25) is 10.00 Å². The van der Waals surface area contributed by atoms with E-state index in [9.17, 15) is 0 Å². The Kier molecular flexibility index (Phi) is 6.26. The van der Waals surface area contributed by atoms with Crippen molar-refractivity contribution in [1.29, 1.82) is 0 Å². The maximum Gasteiger partial charge on any atom is 0.159 e. The first-order valence-corrected chi connectivity index (χ1v) is 12.7. The number of aromatic amines is 1. The minimum atomic E-state index is 0.747. The second-order valence-electron chi connectivity index (χ2n) is 9.72. The van der Waals surface area contributed by atoms with Crippen LogP contribution < -0.4 is 10.1 Å². The number of rotatable bonds is 7. The van der Waals surface area contributed by atoms with Crippen LogP contribution >= 0.6 is 0 Å². The highest BCUT2D eigenvalue weighted by Crippen LogP contribution is 2.32. The Hall–Kier alpha value is -3.90. The zero-order valence-corrected chi connectivity index (χ0v) is 20.6. The van der Waals surface area contributed by atoms with E-state index in [-0.39, 0.29) is 0 Å². The van der Waals surface area contributed by atoms with Gasteiger partial charge in [-0.2, -0.15) is 5.10 Å². The first-order chi connectivity index (χ1) is 17.7. The lowest BCUT2D eigenvalue weighted by Gasteiger charge is -2.32. The lowest BCUT2D eigenvalue weighted by atomic mass is 9.90. The summed E-state index contributed by atoms with van der Waals surface area (Å²) >= 11 is 0. The van der Waals surface area contributed by atoms with Gasteiger partial charge < -0.3 is 10.1 Å². The molecule has 1 aliphatic heterocycles. The Bertz CT molecular complexity index is 1450. The molecule has 0 amide bonds. The Balaban J connectivity index is 1.10. The van der Waals surface area contributed by atoms with Crippen LogP contribution in [0.2, 0.25) is 0 Å². The molecule has 3 heterocycles. The molecule has 1 saturated heterocycles. The number of nitrogens with one attached hydrogen (secondary N) is 2. The van der Waals surface area contributed by atoms with E-state index in [4.69, 9.17) is 9.72 Å². The van der Waals surface area contributed by atoms with Gasteiger partial charge in [0, 0.05) is 29.2 Å². The Morgan fingerprint density at radius 1 is 0.944 bits per heavy atom. The van der Waals surface area contributed by atoms with Gasteiger partial charge in [-0.25, -0.2) is 4.98 Å². The number of pyridine rings is 1. The zero-order chi connectivity index (χ0) is 24.3. The summed E-state index contributed by atoms with van der Waals surface area (Å²) in [6.45, 7) is 3.33. The van der Waals surface area contributed by atoms with Crippen molar-refractivity contribution < 1.29 is 4.74 Å². The Labute approximate surface area is 211 Å². The summed E-state index contributed by atoms with van der Waals surface area (Å²) in [5.41, 5.74) is 5.53. The van der Waals surface area contributed by atoms with Crippen LogP contribution in [0.4, 0.5) is 11.5 Å². The molecule has 0 bridgehead atoms. The van der Waals surface area contributed by atoms with Crippen LogP contribution in [0.5, 0.6) is 5.75 Å². The highest BCUT2D eigenvalue weighted by molar-refractivity contribution is 6.09. The lowest BCUT2D eigenvalue weighted by Crippen LogP contribution is -2.33. The van der Waals surface area contributed by atoms with Gasteiger partial charge in [-0.1, -0.05) is 42.5 Å². The summed E-state index contributed by atoms with van der Waals surface area (Å²) in [6.07, 6.45) is 5.66. The quantitative estimate of drug-likeness (QED) is 0.287. The molecule has 5 aromatic rings. The fraction of sp³-hybridized carbons (Fsp3) is 0.267. The number of ether oxygens (including phenoxy) is 1. The third-order valence-corrected chi connectivity index (χ3v) is 7.29. The second kappa shape index (κ2) is 9.99. The number of hydrogen-bond donors (Lipinski definition) is 2. The number of hydrogen-bond acceptors (Lipinski definition) is 5. The van der Waals surface area contributed by atoms with Gasteiger partial charge in [-0.05, 0) is 79.7 Å². The predicted molar refractivity (Wildman–Crippen MR) is 146 cm³/mol. The molecule has 0 spiro atoms. The molecule has 0 atom stereocenters. The number of nitrogens with zero attached hydrogens (tertiary/aromatic N) is 3. The van der Waals surface area contributed by atoms with Crippen LogP contribution in [0.25, 0.3) is 21.8 Å². The number of benzene rings is 3. The fourth-order valence-corrected chi connectivity index (χ4v) is 5.28. The Morgan fingerprint density at radius 2 is 1.75 bits per heavy atom. The van der Waals surface area contributed by atoms with Crippen LogP contribution in [0.1, 0.15) is 24.0 Å². The molecular weight excluding hydrogens is 446 g/mol. The van der Waals surface area contributed by atoms with Gasteiger partial charge in [-0.15, -0.1) is 0 Å². The minimum Gasteiger partial charge on any atom is -0.497 e. The van der Waals surface area contributed by atoms with E-state index in [1.54, 1.807) is 7.11 Å². The zero-order valence-electron chi connectivity index (χ0n) is 20.6. The van der Waals surface area contributed by atoms with Gasteiger partial charge in [0.15, 0.2) is 5.82 Å². The Morgan fingerprint density at radius 3 is 2.53 bits per heavy atom. The van der Waals surface area contributed by atoms with Crippen LogP contribution in [0.15, 0.2) is 79.0 Å². The molecule has 1 fully saturated rings. The van der Waals surface area contributed by atoms with E-state index in [0.29, 0.717) is 0 Å². The van der Waals surface area contributed by atoms with Crippen LogP contribution in [0, 0.1) is 5.92 Å². The molecule has 0 saturated carbocycles. The third kappa shape index (κ3) is 4.77. The van der Waals surface area contributed by atoms with Crippen molar-refractivity contribution in [3.05, 3.63) is 90.1 Å². The average Bonchev–Trinajstić information content (AvgIpc) is 3.42. The summed E-state index contributed by atoms with van der Waals surface area (Å²) in [5, 5.41) is 13.0. The molecule has 2 aromatic heterocycles. The van der Waals surface area contributed by atoms with Crippen molar-refractivity contribution >= 4 is 33.3 Å². The maximum atomic E-state index is 5.39. The third-order valence-electron chi connectivity index (χ3n) is 7.29. The fourth-order valence-electron chi connectivity index (χ4n) is 5.28. The van der Waals surface area contributed by atoms with Crippen molar-refractivity contribution in [1.82, 2.24) is 20.1 Å². The number of methoxy groups -OCH3 is 1. The highest BCUT2D eigenvalue weighted by Gasteiger charge is 2.19. The molecule has 2 N–H and O–H groups in total. The van der Waals surface area contributed by atoms with E-state index >= 15 is 0 Å². The van der Waals surface area contributed by atoms with Gasteiger partial charge in [0.05, 0.1) is 12.6 Å². The number of likely N-dealkylation sites (tertiary alicyclic amines) is 1. The van der Waals surface area contributed by atoms with Gasteiger partial charge in [0.1, 0.15) is 11.3 Å². The molecule has 0 unspecified atom stereocenters. The second-order valence-corrected chi connectivity index (χ2v) is 9.72. The van der Waals surface area contributed by atoms with Crippen molar-refractivity contribution in [3.63, 3.8) is 0 Å². The lowest BCUT2D eigenvalue weighted by molar-refractivity contribution is 0.177. The molecule has 6 nitrogen and oxygen atoms in total. The van der Waals surface area contributed by atoms with Crippen molar-refractivity contribution in [3.8, 4) is 5.75 Å². The maximum absolute atomic E-state index is 5.39. The molecule has 6 rings (SSSR count). The molecule has 3 aromatic carbocycles. The van der Waals surface area contributed by atoms with E-state index in [1.807, 2.05) is 24.4 Å². The number of piperidine rings is 1. The van der Waals surface area contributed by atoms with E-state index in [0.717, 1.165) is 51.5 Å².